The molecule has 0 aliphatic carbocycles. The molecule has 0 spiro atoms. The summed E-state index contributed by atoms with van der Waals surface area (Å²) in [5, 5.41) is 7.58. The first-order valence-corrected chi connectivity index (χ1v) is 7.62. The average Bonchev–Trinajstić information content (AvgIpc) is 2.33. The smallest absolute Gasteiger partial charge is 0.123 e. The highest BCUT2D eigenvalue weighted by Crippen LogP contribution is 2.32. The predicted octanol–water partition coefficient (Wildman–Crippen LogP) is 4.41. The molecule has 0 amide bonds. The van der Waals surface area contributed by atoms with Gasteiger partial charge in [-0.2, -0.15) is 0 Å². The summed E-state index contributed by atoms with van der Waals surface area (Å²) in [4.78, 5) is 0. The monoisotopic (exact) mass is 290 g/mol. The first-order valence-electron chi connectivity index (χ1n) is 7.62. The maximum Gasteiger partial charge on any atom is 0.123 e. The minimum absolute atomic E-state index is 0.0711. The van der Waals surface area contributed by atoms with E-state index in [4.69, 9.17) is 15.9 Å². The van der Waals surface area contributed by atoms with E-state index in [1.165, 1.54) is 11.1 Å². The SMILES string of the molecule is Cc1ccc(C(C)(C)C)c(OCCCC(C)(C)C(=N)N)c1. The molecule has 0 saturated heterocycles. The topological polar surface area (TPSA) is 59.1 Å². The van der Waals surface area contributed by atoms with Crippen LogP contribution in [0.3, 0.4) is 0 Å². The molecule has 0 saturated carbocycles. The molecule has 0 unspecified atom stereocenters. The molecule has 0 aliphatic rings. The highest BCUT2D eigenvalue weighted by molar-refractivity contribution is 5.82. The second-order valence-electron chi connectivity index (χ2n) is 7.50. The van der Waals surface area contributed by atoms with Crippen LogP contribution in [0, 0.1) is 17.7 Å². The number of amidine groups is 1. The van der Waals surface area contributed by atoms with Crippen molar-refractivity contribution in [3.05, 3.63) is 29.3 Å². The number of nitrogens with one attached hydrogen (secondary N) is 1. The summed E-state index contributed by atoms with van der Waals surface area (Å²) in [6, 6.07) is 6.40. The molecule has 0 radical (unpaired) electrons. The van der Waals surface area contributed by atoms with Crippen LogP contribution >= 0.6 is 0 Å². The van der Waals surface area contributed by atoms with Gasteiger partial charge in [-0.3, -0.25) is 5.41 Å². The van der Waals surface area contributed by atoms with Gasteiger partial charge in [0.1, 0.15) is 5.75 Å². The van der Waals surface area contributed by atoms with Crippen LogP contribution in [-0.2, 0) is 5.41 Å². The van der Waals surface area contributed by atoms with Crippen LogP contribution < -0.4 is 10.5 Å². The van der Waals surface area contributed by atoms with Crippen molar-refractivity contribution in [1.82, 2.24) is 0 Å². The third kappa shape index (κ3) is 5.07. The number of hydrogen-bond donors (Lipinski definition) is 2. The molecule has 0 bridgehead atoms. The fourth-order valence-electron chi connectivity index (χ4n) is 2.20. The molecule has 0 fully saturated rings. The van der Waals surface area contributed by atoms with Gasteiger partial charge >= 0.3 is 0 Å². The van der Waals surface area contributed by atoms with Crippen LogP contribution in [-0.4, -0.2) is 12.4 Å². The van der Waals surface area contributed by atoms with Crippen LogP contribution in [0.5, 0.6) is 5.75 Å². The maximum absolute atomic E-state index is 7.58. The van der Waals surface area contributed by atoms with Gasteiger partial charge in [-0.05, 0) is 42.4 Å². The van der Waals surface area contributed by atoms with Crippen molar-refractivity contribution in [2.75, 3.05) is 6.61 Å². The fourth-order valence-corrected chi connectivity index (χ4v) is 2.20. The first-order chi connectivity index (χ1) is 9.54. The van der Waals surface area contributed by atoms with E-state index in [0.29, 0.717) is 6.61 Å². The Morgan fingerprint density at radius 1 is 1.19 bits per heavy atom. The summed E-state index contributed by atoms with van der Waals surface area (Å²) >= 11 is 0. The molecule has 21 heavy (non-hydrogen) atoms. The van der Waals surface area contributed by atoms with E-state index in [1.54, 1.807) is 0 Å². The Kier molecular flexibility index (Phi) is 5.43. The molecular formula is C18H30N2O. The van der Waals surface area contributed by atoms with E-state index in [2.05, 4.69) is 45.9 Å². The minimum Gasteiger partial charge on any atom is -0.493 e. The van der Waals surface area contributed by atoms with E-state index in [-0.39, 0.29) is 16.7 Å². The number of benzene rings is 1. The lowest BCUT2D eigenvalue weighted by Crippen LogP contribution is -2.31. The molecule has 118 valence electrons. The molecule has 1 rings (SSSR count). The standard InChI is InChI=1S/C18H30N2O/c1-13-8-9-14(17(2,3)4)15(12-13)21-11-7-10-18(5,6)16(19)20/h8-9,12H,7,10-11H2,1-6H3,(H3,19,20). The molecular weight excluding hydrogens is 260 g/mol. The van der Waals surface area contributed by atoms with Crippen molar-refractivity contribution in [3.63, 3.8) is 0 Å². The quantitative estimate of drug-likeness (QED) is 0.463. The zero-order valence-corrected chi connectivity index (χ0v) is 14.3. The highest BCUT2D eigenvalue weighted by Gasteiger charge is 2.22. The van der Waals surface area contributed by atoms with Gasteiger partial charge in [0.25, 0.3) is 0 Å². The first kappa shape index (κ1) is 17.5. The van der Waals surface area contributed by atoms with Crippen LogP contribution in [0.1, 0.15) is 58.6 Å². The Morgan fingerprint density at radius 2 is 1.81 bits per heavy atom. The Hall–Kier alpha value is -1.51. The van der Waals surface area contributed by atoms with Crippen LogP contribution in [0.15, 0.2) is 18.2 Å². The van der Waals surface area contributed by atoms with Gasteiger partial charge in [-0.1, -0.05) is 46.8 Å². The molecule has 1 aromatic carbocycles. The van der Waals surface area contributed by atoms with Gasteiger partial charge in [0.05, 0.1) is 12.4 Å². The molecule has 0 atom stereocenters. The van der Waals surface area contributed by atoms with E-state index in [0.717, 1.165) is 18.6 Å². The van der Waals surface area contributed by atoms with Crippen LogP contribution in [0.4, 0.5) is 0 Å². The third-order valence-corrected chi connectivity index (χ3v) is 3.88. The Balaban J connectivity index is 2.68. The van der Waals surface area contributed by atoms with E-state index in [9.17, 15) is 0 Å². The normalized spacial score (nSPS) is 12.3. The van der Waals surface area contributed by atoms with Gasteiger partial charge in [0, 0.05) is 5.41 Å². The molecule has 0 aromatic heterocycles. The molecule has 3 nitrogen and oxygen atoms in total. The van der Waals surface area contributed by atoms with Gasteiger partial charge in [-0.25, -0.2) is 0 Å². The lowest BCUT2D eigenvalue weighted by molar-refractivity contribution is 0.280. The predicted molar refractivity (Wildman–Crippen MR) is 90.3 cm³/mol. The summed E-state index contributed by atoms with van der Waals surface area (Å²) < 4.78 is 6.01. The molecule has 0 aliphatic heterocycles. The summed E-state index contributed by atoms with van der Waals surface area (Å²) in [5.41, 5.74) is 7.88. The second-order valence-corrected chi connectivity index (χ2v) is 7.50. The molecule has 1 aromatic rings. The fraction of sp³-hybridized carbons (Fsp3) is 0.611. The summed E-state index contributed by atoms with van der Waals surface area (Å²) in [5.74, 6) is 1.22. The number of ether oxygens (including phenoxy) is 1. The molecule has 0 heterocycles. The molecule has 3 heteroatoms. The average molecular weight is 290 g/mol. The van der Waals surface area contributed by atoms with Gasteiger partial charge in [-0.15, -0.1) is 0 Å². The van der Waals surface area contributed by atoms with Crippen molar-refractivity contribution < 1.29 is 4.74 Å². The Morgan fingerprint density at radius 3 is 2.33 bits per heavy atom. The van der Waals surface area contributed by atoms with Crippen molar-refractivity contribution >= 4 is 5.84 Å². The number of rotatable bonds is 6. The zero-order chi connectivity index (χ0) is 16.3. The van der Waals surface area contributed by atoms with E-state index >= 15 is 0 Å². The Labute approximate surface area is 129 Å². The van der Waals surface area contributed by atoms with Gasteiger partial charge in [0.2, 0.25) is 0 Å². The van der Waals surface area contributed by atoms with Crippen molar-refractivity contribution in [1.29, 1.82) is 5.41 Å². The number of hydrogen-bond acceptors (Lipinski definition) is 2. The van der Waals surface area contributed by atoms with Crippen LogP contribution in [0.2, 0.25) is 0 Å². The number of nitrogens with two attached hydrogens (primary N) is 1. The maximum atomic E-state index is 7.58. The lowest BCUT2D eigenvalue weighted by Gasteiger charge is -2.25. The van der Waals surface area contributed by atoms with E-state index in [1.807, 2.05) is 13.8 Å². The summed E-state index contributed by atoms with van der Waals surface area (Å²) in [7, 11) is 0. The largest absolute Gasteiger partial charge is 0.493 e. The van der Waals surface area contributed by atoms with Crippen molar-refractivity contribution in [3.8, 4) is 5.75 Å². The van der Waals surface area contributed by atoms with Gasteiger partial charge < -0.3 is 10.5 Å². The Bertz CT molecular complexity index is 498. The number of aryl methyl sites for hydroxylation is 1. The third-order valence-electron chi connectivity index (χ3n) is 3.88. The lowest BCUT2D eigenvalue weighted by atomic mass is 9.85. The van der Waals surface area contributed by atoms with Crippen molar-refractivity contribution in [2.45, 2.75) is 59.8 Å². The minimum atomic E-state index is -0.247. The van der Waals surface area contributed by atoms with Crippen molar-refractivity contribution in [2.24, 2.45) is 11.1 Å². The van der Waals surface area contributed by atoms with E-state index < -0.39 is 0 Å². The second kappa shape index (κ2) is 6.50. The molecule has 3 N–H and O–H groups in total. The summed E-state index contributed by atoms with van der Waals surface area (Å²) in [6.45, 7) is 13.3. The summed E-state index contributed by atoms with van der Waals surface area (Å²) in [6.07, 6.45) is 1.75. The zero-order valence-electron chi connectivity index (χ0n) is 14.3. The van der Waals surface area contributed by atoms with Crippen LogP contribution in [0.25, 0.3) is 0 Å². The highest BCUT2D eigenvalue weighted by atomic mass is 16.5. The van der Waals surface area contributed by atoms with Gasteiger partial charge in [0.15, 0.2) is 0 Å².